The van der Waals surface area contributed by atoms with Gasteiger partial charge < -0.3 is 19.7 Å². The van der Waals surface area contributed by atoms with Gasteiger partial charge >= 0.3 is 0 Å². The van der Waals surface area contributed by atoms with Crippen LogP contribution in [-0.4, -0.2) is 49.0 Å². The summed E-state index contributed by atoms with van der Waals surface area (Å²) in [7, 11) is 1.64. The van der Waals surface area contributed by atoms with Crippen molar-refractivity contribution in [2.45, 2.75) is 18.9 Å². The van der Waals surface area contributed by atoms with E-state index in [0.717, 1.165) is 42.2 Å². The van der Waals surface area contributed by atoms with Crippen molar-refractivity contribution in [3.05, 3.63) is 60.4 Å². The largest absolute Gasteiger partial charge is 0.497 e. The molecule has 0 saturated carbocycles. The Balaban J connectivity index is 1.31. The molecule has 1 fully saturated rings. The van der Waals surface area contributed by atoms with E-state index in [1.807, 2.05) is 30.3 Å². The van der Waals surface area contributed by atoms with Crippen molar-refractivity contribution in [2.75, 3.05) is 31.7 Å². The Hall–Kier alpha value is -3.55. The number of H-pyrrole nitrogens is 1. The van der Waals surface area contributed by atoms with Crippen LogP contribution in [0, 0.1) is 5.82 Å². The van der Waals surface area contributed by atoms with Gasteiger partial charge in [0, 0.05) is 25.2 Å². The molecule has 2 heterocycles. The first-order chi connectivity index (χ1) is 15.1. The number of carbonyl (C=O) groups is 1. The van der Waals surface area contributed by atoms with Gasteiger partial charge in [0.1, 0.15) is 17.3 Å². The molecule has 4 rings (SSSR count). The average Bonchev–Trinajstić information content (AvgIpc) is 3.29. The van der Waals surface area contributed by atoms with Gasteiger partial charge in [-0.1, -0.05) is 0 Å². The molecule has 7 nitrogen and oxygen atoms in total. The number of aromatic amines is 1. The van der Waals surface area contributed by atoms with Crippen molar-refractivity contribution in [2.24, 2.45) is 0 Å². The first-order valence-corrected chi connectivity index (χ1v) is 10.2. The number of nitrogens with zero attached hydrogens (tertiary/aromatic N) is 2. The van der Waals surface area contributed by atoms with Crippen molar-refractivity contribution in [3.63, 3.8) is 0 Å². The van der Waals surface area contributed by atoms with E-state index in [4.69, 9.17) is 9.47 Å². The Kier molecular flexibility index (Phi) is 6.35. The summed E-state index contributed by atoms with van der Waals surface area (Å²) < 4.78 is 23.6. The molecular weight excluding hydrogens is 399 g/mol. The molecule has 3 aromatic rings. The van der Waals surface area contributed by atoms with Crippen LogP contribution in [0.3, 0.4) is 0 Å². The molecule has 1 atom stereocenters. The normalized spacial score (nSPS) is 16.1. The first-order valence-electron chi connectivity index (χ1n) is 10.2. The summed E-state index contributed by atoms with van der Waals surface area (Å²) >= 11 is 0. The number of hydrogen-bond acceptors (Lipinski definition) is 5. The standard InChI is InChI=1S/C23H25FN4O3/c1-30-19-8-4-16(5-9-19)21-13-22(27-26-21)28-12-2-3-18(14-28)25-23(29)15-31-20-10-6-17(24)7-11-20/h4-11,13,18H,2-3,12,14-15H2,1H3,(H,25,29)(H,26,27). The summed E-state index contributed by atoms with van der Waals surface area (Å²) in [5, 5.41) is 10.6. The topological polar surface area (TPSA) is 79.5 Å². The summed E-state index contributed by atoms with van der Waals surface area (Å²) in [5.41, 5.74) is 1.95. The fourth-order valence-electron chi connectivity index (χ4n) is 3.64. The second-order valence-electron chi connectivity index (χ2n) is 7.46. The van der Waals surface area contributed by atoms with Gasteiger partial charge in [0.05, 0.1) is 12.8 Å². The molecule has 2 N–H and O–H groups in total. The number of halogens is 1. The summed E-state index contributed by atoms with van der Waals surface area (Å²) in [6.07, 6.45) is 1.85. The molecule has 0 bridgehead atoms. The Labute approximate surface area is 180 Å². The lowest BCUT2D eigenvalue weighted by atomic mass is 10.1. The van der Waals surface area contributed by atoms with E-state index in [1.54, 1.807) is 7.11 Å². The molecule has 8 heteroatoms. The van der Waals surface area contributed by atoms with E-state index >= 15 is 0 Å². The van der Waals surface area contributed by atoms with Gasteiger partial charge in [-0.2, -0.15) is 5.10 Å². The predicted octanol–water partition coefficient (Wildman–Crippen LogP) is 3.39. The van der Waals surface area contributed by atoms with Crippen LogP contribution in [0.1, 0.15) is 12.8 Å². The van der Waals surface area contributed by atoms with Crippen molar-refractivity contribution >= 4 is 11.7 Å². The quantitative estimate of drug-likeness (QED) is 0.608. The van der Waals surface area contributed by atoms with E-state index in [9.17, 15) is 9.18 Å². The van der Waals surface area contributed by atoms with Crippen LogP contribution >= 0.6 is 0 Å². The lowest BCUT2D eigenvalue weighted by molar-refractivity contribution is -0.123. The predicted molar refractivity (Wildman–Crippen MR) is 116 cm³/mol. The number of methoxy groups -OCH3 is 1. The SMILES string of the molecule is COc1ccc(-c2cc(N3CCCC(NC(=O)COc4ccc(F)cc4)C3)n[nH]2)cc1. The number of amides is 1. The third-order valence-electron chi connectivity index (χ3n) is 5.26. The molecule has 1 aromatic heterocycles. The summed E-state index contributed by atoms with van der Waals surface area (Å²) in [5.74, 6) is 1.59. The van der Waals surface area contributed by atoms with Crippen molar-refractivity contribution in [1.82, 2.24) is 15.5 Å². The van der Waals surface area contributed by atoms with Gasteiger partial charge in [-0.25, -0.2) is 4.39 Å². The third kappa shape index (κ3) is 5.33. The molecule has 1 unspecified atom stereocenters. The van der Waals surface area contributed by atoms with Crippen molar-refractivity contribution in [3.8, 4) is 22.8 Å². The first kappa shape index (κ1) is 20.7. The molecule has 31 heavy (non-hydrogen) atoms. The van der Waals surface area contributed by atoms with Crippen LogP contribution < -0.4 is 19.7 Å². The lowest BCUT2D eigenvalue weighted by Crippen LogP contribution is -2.49. The second kappa shape index (κ2) is 9.51. The fraction of sp³-hybridized carbons (Fsp3) is 0.304. The number of anilines is 1. The highest BCUT2D eigenvalue weighted by atomic mass is 19.1. The van der Waals surface area contributed by atoms with Gasteiger partial charge in [-0.05, 0) is 66.9 Å². The zero-order valence-electron chi connectivity index (χ0n) is 17.3. The van der Waals surface area contributed by atoms with Crippen molar-refractivity contribution in [1.29, 1.82) is 0 Å². The Morgan fingerprint density at radius 3 is 2.68 bits per heavy atom. The monoisotopic (exact) mass is 424 g/mol. The number of ether oxygens (including phenoxy) is 2. The maximum atomic E-state index is 12.9. The molecule has 1 amide bonds. The number of nitrogens with one attached hydrogen (secondary N) is 2. The highest BCUT2D eigenvalue weighted by Crippen LogP contribution is 2.25. The maximum absolute atomic E-state index is 12.9. The summed E-state index contributed by atoms with van der Waals surface area (Å²) in [4.78, 5) is 14.4. The molecule has 0 radical (unpaired) electrons. The van der Waals surface area contributed by atoms with Gasteiger partial charge in [0.2, 0.25) is 0 Å². The van der Waals surface area contributed by atoms with Crippen molar-refractivity contribution < 1.29 is 18.7 Å². The van der Waals surface area contributed by atoms with E-state index in [1.165, 1.54) is 24.3 Å². The molecule has 2 aromatic carbocycles. The second-order valence-corrected chi connectivity index (χ2v) is 7.46. The van der Waals surface area contributed by atoms with E-state index in [-0.39, 0.29) is 24.4 Å². The third-order valence-corrected chi connectivity index (χ3v) is 5.26. The maximum Gasteiger partial charge on any atom is 0.258 e. The zero-order chi connectivity index (χ0) is 21.6. The lowest BCUT2D eigenvalue weighted by Gasteiger charge is -2.33. The molecule has 162 valence electrons. The van der Waals surface area contributed by atoms with Crippen LogP contribution in [0.15, 0.2) is 54.6 Å². The fourth-order valence-corrected chi connectivity index (χ4v) is 3.64. The summed E-state index contributed by atoms with van der Waals surface area (Å²) in [6.45, 7) is 1.45. The Bertz CT molecular complexity index is 1000. The van der Waals surface area contributed by atoms with E-state index in [0.29, 0.717) is 12.3 Å². The smallest absolute Gasteiger partial charge is 0.258 e. The molecular formula is C23H25FN4O3. The average molecular weight is 424 g/mol. The minimum Gasteiger partial charge on any atom is -0.497 e. The molecule has 0 spiro atoms. The molecule has 1 saturated heterocycles. The Morgan fingerprint density at radius 1 is 1.19 bits per heavy atom. The number of benzene rings is 2. The number of hydrogen-bond donors (Lipinski definition) is 2. The number of carbonyl (C=O) groups excluding carboxylic acids is 1. The van der Waals surface area contributed by atoms with Crippen LogP contribution in [-0.2, 0) is 4.79 Å². The van der Waals surface area contributed by atoms with Crippen LogP contribution in [0.2, 0.25) is 0 Å². The van der Waals surface area contributed by atoms with Gasteiger partial charge in [0.25, 0.3) is 5.91 Å². The van der Waals surface area contributed by atoms with Crippen LogP contribution in [0.4, 0.5) is 10.2 Å². The minimum absolute atomic E-state index is 0.0132. The van der Waals surface area contributed by atoms with Gasteiger partial charge in [0.15, 0.2) is 12.4 Å². The number of piperidine rings is 1. The van der Waals surface area contributed by atoms with Gasteiger partial charge in [-0.3, -0.25) is 9.89 Å². The molecule has 1 aliphatic heterocycles. The molecule has 0 aliphatic carbocycles. The van der Waals surface area contributed by atoms with Gasteiger partial charge in [-0.15, -0.1) is 0 Å². The molecule has 1 aliphatic rings. The van der Waals surface area contributed by atoms with Crippen LogP contribution in [0.25, 0.3) is 11.3 Å². The zero-order valence-corrected chi connectivity index (χ0v) is 17.3. The minimum atomic E-state index is -0.340. The highest BCUT2D eigenvalue weighted by Gasteiger charge is 2.23. The van der Waals surface area contributed by atoms with E-state index < -0.39 is 0 Å². The van der Waals surface area contributed by atoms with E-state index in [2.05, 4.69) is 20.4 Å². The summed E-state index contributed by atoms with van der Waals surface area (Å²) in [6, 6.07) is 15.4. The number of aromatic nitrogens is 2. The van der Waals surface area contributed by atoms with Crippen LogP contribution in [0.5, 0.6) is 11.5 Å². The highest BCUT2D eigenvalue weighted by molar-refractivity contribution is 5.78. The number of rotatable bonds is 7. The Morgan fingerprint density at radius 2 is 1.94 bits per heavy atom.